The molecule has 0 N–H and O–H groups in total. The minimum absolute atomic E-state index is 0.0900. The van der Waals surface area contributed by atoms with Crippen molar-refractivity contribution in [3.63, 3.8) is 0 Å². The number of alkyl halides is 1. The van der Waals surface area contributed by atoms with Crippen LogP contribution in [-0.2, 0) is 9.47 Å². The molecule has 2 aliphatic heterocycles. The highest BCUT2D eigenvalue weighted by Crippen LogP contribution is 2.52. The van der Waals surface area contributed by atoms with Gasteiger partial charge in [0, 0.05) is 17.4 Å². The summed E-state index contributed by atoms with van der Waals surface area (Å²) in [7, 11) is 0. The Hall–Kier alpha value is 0.400. The molecule has 2 saturated heterocycles. The summed E-state index contributed by atoms with van der Waals surface area (Å²) in [6.45, 7) is 5.39. The Morgan fingerprint density at radius 1 is 1.17 bits per heavy atom. The van der Waals surface area contributed by atoms with Crippen LogP contribution >= 0.6 is 15.9 Å². The van der Waals surface area contributed by atoms with Crippen LogP contribution < -0.4 is 0 Å². The largest absolute Gasteiger partial charge is 0.377 e. The number of rotatable bonds is 4. The Labute approximate surface area is 119 Å². The second-order valence-corrected chi connectivity index (χ2v) is 7.68. The smallest absolute Gasteiger partial charge is 0.0669 e. The molecule has 3 unspecified atom stereocenters. The minimum atomic E-state index is 0.0900. The van der Waals surface area contributed by atoms with E-state index >= 15 is 0 Å². The zero-order valence-electron chi connectivity index (χ0n) is 11.6. The first kappa shape index (κ1) is 13.4. The minimum Gasteiger partial charge on any atom is -0.377 e. The van der Waals surface area contributed by atoms with E-state index in [9.17, 15) is 0 Å². The van der Waals surface area contributed by atoms with Crippen LogP contribution in [-0.4, -0.2) is 29.7 Å². The highest BCUT2D eigenvalue weighted by atomic mass is 79.9. The molecule has 3 aliphatic rings. The summed E-state index contributed by atoms with van der Waals surface area (Å²) in [4.78, 5) is 0. The van der Waals surface area contributed by atoms with E-state index in [1.165, 1.54) is 38.5 Å². The first-order valence-electron chi connectivity index (χ1n) is 7.40. The zero-order chi connectivity index (χ0) is 12.8. The summed E-state index contributed by atoms with van der Waals surface area (Å²) in [5, 5.41) is 1.07. The molecule has 104 valence electrons. The Kier molecular flexibility index (Phi) is 3.53. The first-order chi connectivity index (χ1) is 8.55. The SMILES string of the molecule is CC1(C)CCC(CC2(CBr)CCOC2C2CC2)O1. The van der Waals surface area contributed by atoms with Crippen LogP contribution in [0.5, 0.6) is 0 Å². The molecule has 2 heterocycles. The van der Waals surface area contributed by atoms with Gasteiger partial charge in [-0.25, -0.2) is 0 Å². The molecule has 3 fully saturated rings. The van der Waals surface area contributed by atoms with Gasteiger partial charge in [-0.3, -0.25) is 0 Å². The Balaban J connectivity index is 1.68. The molecule has 18 heavy (non-hydrogen) atoms. The van der Waals surface area contributed by atoms with Crippen LogP contribution in [0.15, 0.2) is 0 Å². The van der Waals surface area contributed by atoms with Crippen LogP contribution in [0.2, 0.25) is 0 Å². The van der Waals surface area contributed by atoms with Gasteiger partial charge in [-0.05, 0) is 58.3 Å². The normalized spacial score (nSPS) is 43.5. The summed E-state index contributed by atoms with van der Waals surface area (Å²) in [5.74, 6) is 0.833. The topological polar surface area (TPSA) is 18.5 Å². The van der Waals surface area contributed by atoms with Gasteiger partial charge < -0.3 is 9.47 Å². The van der Waals surface area contributed by atoms with Crippen molar-refractivity contribution in [2.24, 2.45) is 11.3 Å². The lowest BCUT2D eigenvalue weighted by atomic mass is 9.76. The van der Waals surface area contributed by atoms with Gasteiger partial charge in [-0.2, -0.15) is 0 Å². The van der Waals surface area contributed by atoms with E-state index in [1.54, 1.807) is 0 Å². The van der Waals surface area contributed by atoms with E-state index < -0.39 is 0 Å². The van der Waals surface area contributed by atoms with Gasteiger partial charge in [0.05, 0.1) is 17.8 Å². The summed E-state index contributed by atoms with van der Waals surface area (Å²) in [6.07, 6.45) is 8.49. The van der Waals surface area contributed by atoms with Gasteiger partial charge in [-0.15, -0.1) is 0 Å². The lowest BCUT2D eigenvalue weighted by Crippen LogP contribution is -2.38. The van der Waals surface area contributed by atoms with E-state index in [1.807, 2.05) is 0 Å². The molecule has 3 atom stereocenters. The van der Waals surface area contributed by atoms with Gasteiger partial charge in [0.25, 0.3) is 0 Å². The summed E-state index contributed by atoms with van der Waals surface area (Å²) < 4.78 is 12.3. The second-order valence-electron chi connectivity index (χ2n) is 7.12. The highest BCUT2D eigenvalue weighted by Gasteiger charge is 2.52. The van der Waals surface area contributed by atoms with Crippen molar-refractivity contribution in [2.45, 2.75) is 70.2 Å². The molecule has 0 aromatic rings. The lowest BCUT2D eigenvalue weighted by molar-refractivity contribution is -0.0473. The molecular formula is C15H25BrO2. The molecule has 3 rings (SSSR count). The predicted molar refractivity (Wildman–Crippen MR) is 76.1 cm³/mol. The third kappa shape index (κ3) is 2.51. The monoisotopic (exact) mass is 316 g/mol. The summed E-state index contributed by atoms with van der Waals surface area (Å²) >= 11 is 3.77. The van der Waals surface area contributed by atoms with Gasteiger partial charge in [-0.1, -0.05) is 15.9 Å². The molecule has 0 aromatic heterocycles. The van der Waals surface area contributed by atoms with Crippen molar-refractivity contribution < 1.29 is 9.47 Å². The molecule has 1 aliphatic carbocycles. The van der Waals surface area contributed by atoms with Gasteiger partial charge >= 0.3 is 0 Å². The maximum absolute atomic E-state index is 6.21. The van der Waals surface area contributed by atoms with Gasteiger partial charge in [0.1, 0.15) is 0 Å². The van der Waals surface area contributed by atoms with Crippen molar-refractivity contribution in [1.82, 2.24) is 0 Å². The Morgan fingerprint density at radius 2 is 1.94 bits per heavy atom. The molecule has 0 bridgehead atoms. The third-order valence-corrected chi connectivity index (χ3v) is 6.12. The maximum atomic E-state index is 6.21. The molecule has 0 aromatic carbocycles. The molecule has 0 spiro atoms. The summed E-state index contributed by atoms with van der Waals surface area (Å²) in [5.41, 5.74) is 0.430. The Bertz CT molecular complexity index is 314. The van der Waals surface area contributed by atoms with Crippen LogP contribution in [0.3, 0.4) is 0 Å². The fourth-order valence-electron chi connectivity index (χ4n) is 3.83. The molecular weight excluding hydrogens is 292 g/mol. The molecule has 1 saturated carbocycles. The Morgan fingerprint density at radius 3 is 2.50 bits per heavy atom. The highest BCUT2D eigenvalue weighted by molar-refractivity contribution is 9.09. The number of hydrogen-bond acceptors (Lipinski definition) is 2. The molecule has 3 heteroatoms. The summed E-state index contributed by atoms with van der Waals surface area (Å²) in [6, 6.07) is 0. The van der Waals surface area contributed by atoms with E-state index in [-0.39, 0.29) is 5.60 Å². The standard InChI is InChI=1S/C15H25BrO2/c1-14(2)6-5-12(18-14)9-15(10-16)7-8-17-13(15)11-3-4-11/h11-13H,3-10H2,1-2H3. The predicted octanol–water partition coefficient (Wildman–Crippen LogP) is 3.91. The fourth-order valence-corrected chi connectivity index (χ4v) is 4.66. The van der Waals surface area contributed by atoms with Crippen molar-refractivity contribution in [3.05, 3.63) is 0 Å². The second kappa shape index (κ2) is 4.75. The lowest BCUT2D eigenvalue weighted by Gasteiger charge is -2.35. The quantitative estimate of drug-likeness (QED) is 0.732. The van der Waals surface area contributed by atoms with Crippen LogP contribution in [0.1, 0.15) is 52.4 Å². The van der Waals surface area contributed by atoms with E-state index in [0.717, 1.165) is 17.9 Å². The van der Waals surface area contributed by atoms with Crippen molar-refractivity contribution >= 4 is 15.9 Å². The van der Waals surface area contributed by atoms with E-state index in [4.69, 9.17) is 9.47 Å². The van der Waals surface area contributed by atoms with Crippen LogP contribution in [0.4, 0.5) is 0 Å². The maximum Gasteiger partial charge on any atom is 0.0669 e. The average molecular weight is 317 g/mol. The van der Waals surface area contributed by atoms with E-state index in [2.05, 4.69) is 29.8 Å². The van der Waals surface area contributed by atoms with Gasteiger partial charge in [0.15, 0.2) is 0 Å². The van der Waals surface area contributed by atoms with Crippen LogP contribution in [0.25, 0.3) is 0 Å². The zero-order valence-corrected chi connectivity index (χ0v) is 13.2. The van der Waals surface area contributed by atoms with Crippen molar-refractivity contribution in [3.8, 4) is 0 Å². The molecule has 2 nitrogen and oxygen atoms in total. The number of hydrogen-bond donors (Lipinski definition) is 0. The first-order valence-corrected chi connectivity index (χ1v) is 8.52. The fraction of sp³-hybridized carbons (Fsp3) is 1.00. The molecule has 0 radical (unpaired) electrons. The van der Waals surface area contributed by atoms with Crippen molar-refractivity contribution in [1.29, 1.82) is 0 Å². The average Bonchev–Trinajstić information content (AvgIpc) is 2.99. The molecule has 0 amide bonds. The van der Waals surface area contributed by atoms with E-state index in [0.29, 0.717) is 17.6 Å². The number of halogens is 1. The number of ether oxygens (including phenoxy) is 2. The van der Waals surface area contributed by atoms with Crippen LogP contribution in [0, 0.1) is 11.3 Å². The third-order valence-electron chi connectivity index (χ3n) is 5.01. The van der Waals surface area contributed by atoms with Crippen molar-refractivity contribution in [2.75, 3.05) is 11.9 Å². The van der Waals surface area contributed by atoms with Gasteiger partial charge in [0.2, 0.25) is 0 Å².